The number of nitrogens with two attached hydrogens (primary N) is 1. The van der Waals surface area contributed by atoms with Gasteiger partial charge in [0, 0.05) is 25.8 Å². The van der Waals surface area contributed by atoms with Crippen LogP contribution in [0.3, 0.4) is 0 Å². The number of hydrazine groups is 1. The minimum Gasteiger partial charge on any atom is -0.381 e. The lowest BCUT2D eigenvalue weighted by atomic mass is 10.2. The van der Waals surface area contributed by atoms with Crippen LogP contribution in [0.1, 0.15) is 34.1 Å². The number of nitrogens with one attached hydrogen (secondary N) is 2. The van der Waals surface area contributed by atoms with Crippen molar-refractivity contribution in [1.29, 1.82) is 0 Å². The molecule has 0 saturated carbocycles. The standard InChI is InChI=1S/C11H26N4O/c1-9(2)8-16-7-5-6-13-11(15-12)14-10(3)4/h9-10H,5-8,12H2,1-4H3,(H2,13,14,15). The number of guanidine groups is 1. The first kappa shape index (κ1) is 15.2. The molecule has 0 amide bonds. The number of nitrogens with zero attached hydrogens (tertiary/aromatic N) is 1. The SMILES string of the molecule is CC(C)COCCCN=C(NN)NC(C)C. The second-order valence-electron chi connectivity index (χ2n) is 4.50. The van der Waals surface area contributed by atoms with Gasteiger partial charge < -0.3 is 10.1 Å². The van der Waals surface area contributed by atoms with E-state index in [-0.39, 0.29) is 0 Å². The normalized spacial score (nSPS) is 12.3. The minimum absolute atomic E-state index is 0.326. The fourth-order valence-electron chi connectivity index (χ4n) is 1.08. The largest absolute Gasteiger partial charge is 0.381 e. The molecule has 0 radical (unpaired) electrons. The van der Waals surface area contributed by atoms with E-state index < -0.39 is 0 Å². The quantitative estimate of drug-likeness (QED) is 0.199. The molecule has 5 heteroatoms. The Morgan fingerprint density at radius 3 is 2.50 bits per heavy atom. The van der Waals surface area contributed by atoms with Crippen LogP contribution in [0.15, 0.2) is 4.99 Å². The maximum absolute atomic E-state index is 5.45. The molecule has 0 atom stereocenters. The highest BCUT2D eigenvalue weighted by atomic mass is 16.5. The highest BCUT2D eigenvalue weighted by molar-refractivity contribution is 5.79. The molecule has 96 valence electrons. The molecule has 5 nitrogen and oxygen atoms in total. The first-order valence-corrected chi connectivity index (χ1v) is 5.91. The van der Waals surface area contributed by atoms with Gasteiger partial charge in [0.05, 0.1) is 0 Å². The molecule has 0 heterocycles. The van der Waals surface area contributed by atoms with Gasteiger partial charge in [0.2, 0.25) is 5.96 Å². The lowest BCUT2D eigenvalue weighted by Crippen LogP contribution is -2.44. The summed E-state index contributed by atoms with van der Waals surface area (Å²) in [5.74, 6) is 6.56. The van der Waals surface area contributed by atoms with E-state index in [1.54, 1.807) is 0 Å². The third kappa shape index (κ3) is 9.73. The lowest BCUT2D eigenvalue weighted by Gasteiger charge is -2.12. The van der Waals surface area contributed by atoms with Gasteiger partial charge in [-0.15, -0.1) is 0 Å². The van der Waals surface area contributed by atoms with E-state index in [1.807, 2.05) is 13.8 Å². The average molecular weight is 230 g/mol. The fourth-order valence-corrected chi connectivity index (χ4v) is 1.08. The smallest absolute Gasteiger partial charge is 0.205 e. The van der Waals surface area contributed by atoms with E-state index in [0.717, 1.165) is 26.2 Å². The lowest BCUT2D eigenvalue weighted by molar-refractivity contribution is 0.109. The van der Waals surface area contributed by atoms with Gasteiger partial charge in [-0.1, -0.05) is 13.8 Å². The molecule has 0 aliphatic rings. The maximum Gasteiger partial charge on any atom is 0.205 e. The van der Waals surface area contributed by atoms with E-state index in [4.69, 9.17) is 10.6 Å². The monoisotopic (exact) mass is 230 g/mol. The van der Waals surface area contributed by atoms with Gasteiger partial charge in [-0.3, -0.25) is 10.4 Å². The van der Waals surface area contributed by atoms with Crippen molar-refractivity contribution in [2.45, 2.75) is 40.2 Å². The van der Waals surface area contributed by atoms with Crippen LogP contribution in [0, 0.1) is 5.92 Å². The van der Waals surface area contributed by atoms with Crippen LogP contribution >= 0.6 is 0 Å². The number of hydrogen-bond donors (Lipinski definition) is 3. The van der Waals surface area contributed by atoms with Crippen molar-refractivity contribution in [2.75, 3.05) is 19.8 Å². The second-order valence-corrected chi connectivity index (χ2v) is 4.50. The molecule has 0 saturated heterocycles. The summed E-state index contributed by atoms with van der Waals surface area (Å²) in [6.07, 6.45) is 0.914. The topological polar surface area (TPSA) is 71.7 Å². The molecular weight excluding hydrogens is 204 g/mol. The van der Waals surface area contributed by atoms with Crippen molar-refractivity contribution in [1.82, 2.24) is 10.7 Å². The van der Waals surface area contributed by atoms with Crippen molar-refractivity contribution in [2.24, 2.45) is 16.8 Å². The van der Waals surface area contributed by atoms with Gasteiger partial charge in [0.25, 0.3) is 0 Å². The molecule has 0 fully saturated rings. The molecule has 0 aliphatic carbocycles. The summed E-state index contributed by atoms with van der Waals surface area (Å²) >= 11 is 0. The van der Waals surface area contributed by atoms with Crippen molar-refractivity contribution >= 4 is 5.96 Å². The predicted octanol–water partition coefficient (Wildman–Crippen LogP) is 0.866. The van der Waals surface area contributed by atoms with Gasteiger partial charge in [0.15, 0.2) is 0 Å². The molecule has 16 heavy (non-hydrogen) atoms. The van der Waals surface area contributed by atoms with E-state index in [1.165, 1.54) is 0 Å². The molecule has 0 aromatic heterocycles. The van der Waals surface area contributed by atoms with Crippen molar-refractivity contribution in [3.8, 4) is 0 Å². The summed E-state index contributed by atoms with van der Waals surface area (Å²) in [7, 11) is 0. The van der Waals surface area contributed by atoms with Crippen LogP contribution in [0.5, 0.6) is 0 Å². The first-order valence-electron chi connectivity index (χ1n) is 5.91. The Balaban J connectivity index is 3.55. The zero-order chi connectivity index (χ0) is 12.4. The summed E-state index contributed by atoms with van der Waals surface area (Å²) in [4.78, 5) is 4.29. The average Bonchev–Trinajstić information content (AvgIpc) is 2.20. The molecule has 0 aromatic rings. The van der Waals surface area contributed by atoms with E-state index in [9.17, 15) is 0 Å². The van der Waals surface area contributed by atoms with Crippen molar-refractivity contribution in [3.63, 3.8) is 0 Å². The van der Waals surface area contributed by atoms with Gasteiger partial charge in [-0.25, -0.2) is 5.84 Å². The van der Waals surface area contributed by atoms with Crippen LogP contribution in [0.25, 0.3) is 0 Å². The Morgan fingerprint density at radius 2 is 2.00 bits per heavy atom. The minimum atomic E-state index is 0.326. The van der Waals surface area contributed by atoms with Crippen LogP contribution in [0.4, 0.5) is 0 Å². The predicted molar refractivity (Wildman–Crippen MR) is 68.2 cm³/mol. The Bertz CT molecular complexity index is 192. The van der Waals surface area contributed by atoms with Crippen LogP contribution in [-0.2, 0) is 4.74 Å². The summed E-state index contributed by atoms with van der Waals surface area (Å²) in [5, 5.41) is 3.11. The third-order valence-corrected chi connectivity index (χ3v) is 1.73. The zero-order valence-corrected chi connectivity index (χ0v) is 10.9. The Morgan fingerprint density at radius 1 is 1.31 bits per heavy atom. The molecule has 0 rings (SSSR count). The third-order valence-electron chi connectivity index (χ3n) is 1.73. The van der Waals surface area contributed by atoms with Crippen LogP contribution in [0.2, 0.25) is 0 Å². The first-order chi connectivity index (χ1) is 7.56. The molecular formula is C11H26N4O. The zero-order valence-electron chi connectivity index (χ0n) is 10.9. The van der Waals surface area contributed by atoms with Crippen LogP contribution in [-0.4, -0.2) is 31.8 Å². The molecule has 4 N–H and O–H groups in total. The van der Waals surface area contributed by atoms with Crippen LogP contribution < -0.4 is 16.6 Å². The molecule has 0 spiro atoms. The highest BCUT2D eigenvalue weighted by Gasteiger charge is 1.98. The fraction of sp³-hybridized carbons (Fsp3) is 0.909. The molecule has 0 aromatic carbocycles. The molecule has 0 unspecified atom stereocenters. The number of rotatable bonds is 7. The summed E-state index contributed by atoms with van der Waals surface area (Å²) in [6, 6.07) is 0.326. The highest BCUT2D eigenvalue weighted by Crippen LogP contribution is 1.93. The summed E-state index contributed by atoms with van der Waals surface area (Å²) < 4.78 is 5.45. The number of ether oxygens (including phenoxy) is 1. The molecule has 0 bridgehead atoms. The Hall–Kier alpha value is -0.810. The van der Waals surface area contributed by atoms with Gasteiger partial charge in [-0.05, 0) is 26.2 Å². The van der Waals surface area contributed by atoms with Gasteiger partial charge >= 0.3 is 0 Å². The molecule has 0 aliphatic heterocycles. The van der Waals surface area contributed by atoms with Gasteiger partial charge in [-0.2, -0.15) is 0 Å². The second kappa shape index (κ2) is 9.42. The Kier molecular flexibility index (Phi) is 8.94. The van der Waals surface area contributed by atoms with Crippen molar-refractivity contribution in [3.05, 3.63) is 0 Å². The van der Waals surface area contributed by atoms with Gasteiger partial charge in [0.1, 0.15) is 0 Å². The summed E-state index contributed by atoms with van der Waals surface area (Å²) in [5.41, 5.74) is 2.54. The number of aliphatic imine (C=N–C) groups is 1. The summed E-state index contributed by atoms with van der Waals surface area (Å²) in [6.45, 7) is 10.6. The number of hydrogen-bond acceptors (Lipinski definition) is 3. The maximum atomic E-state index is 5.45. The Labute approximate surface area is 98.8 Å². The van der Waals surface area contributed by atoms with E-state index >= 15 is 0 Å². The van der Waals surface area contributed by atoms with Crippen molar-refractivity contribution < 1.29 is 4.74 Å². The van der Waals surface area contributed by atoms with E-state index in [2.05, 4.69) is 29.6 Å². The van der Waals surface area contributed by atoms with E-state index in [0.29, 0.717) is 17.9 Å².